The molecule has 0 bridgehead atoms. The van der Waals surface area contributed by atoms with Gasteiger partial charge in [0, 0.05) is 28.1 Å². The Labute approximate surface area is 281 Å². The van der Waals surface area contributed by atoms with Crippen LogP contribution in [0.15, 0.2) is 162 Å². The van der Waals surface area contributed by atoms with E-state index in [1.54, 1.807) is 6.20 Å². The van der Waals surface area contributed by atoms with Gasteiger partial charge < -0.3 is 4.42 Å². The van der Waals surface area contributed by atoms with Crippen LogP contribution in [0.5, 0.6) is 0 Å². The molecule has 0 spiro atoms. The SMILES string of the molecule is c1ccc(-c2nc(-c3ccc4oc5ccc(-c6ccc7c8ccccc8c8ccccc8c7c6)cc5c4c3)nc(-c3ccccn3)n2)cc1. The van der Waals surface area contributed by atoms with Crippen LogP contribution < -0.4 is 0 Å². The molecule has 0 unspecified atom stereocenters. The first-order chi connectivity index (χ1) is 24.3. The molecule has 7 aromatic carbocycles. The molecule has 3 aromatic heterocycles. The average Bonchev–Trinajstić information content (AvgIpc) is 3.55. The maximum absolute atomic E-state index is 6.33. The van der Waals surface area contributed by atoms with E-state index >= 15 is 0 Å². The van der Waals surface area contributed by atoms with Gasteiger partial charge in [0.15, 0.2) is 17.5 Å². The van der Waals surface area contributed by atoms with Crippen molar-refractivity contribution in [2.45, 2.75) is 0 Å². The number of fused-ring (bicyclic) bond motifs is 9. The molecule has 0 amide bonds. The molecule has 0 saturated carbocycles. The van der Waals surface area contributed by atoms with Gasteiger partial charge in [0.1, 0.15) is 16.9 Å². The fourth-order valence-corrected chi connectivity index (χ4v) is 7.01. The van der Waals surface area contributed by atoms with Crippen molar-refractivity contribution in [1.82, 2.24) is 19.9 Å². The highest BCUT2D eigenvalue weighted by Gasteiger charge is 2.16. The lowest BCUT2D eigenvalue weighted by molar-refractivity contribution is 0.669. The third kappa shape index (κ3) is 4.55. The molecule has 0 aliphatic heterocycles. The van der Waals surface area contributed by atoms with Crippen LogP contribution in [0.2, 0.25) is 0 Å². The summed E-state index contributed by atoms with van der Waals surface area (Å²) < 4.78 is 6.33. The zero-order chi connectivity index (χ0) is 32.3. The Balaban J connectivity index is 1.13. The second kappa shape index (κ2) is 10.9. The fourth-order valence-electron chi connectivity index (χ4n) is 7.01. The van der Waals surface area contributed by atoms with Gasteiger partial charge in [0.05, 0.1) is 0 Å². The Hall–Kier alpha value is -6.72. The molecule has 3 heterocycles. The standard InChI is InChI=1S/C44H26N4O/c1-2-10-27(11-3-1)42-46-43(48-44(47-42)39-16-8-9-23-45-39)30-19-22-41-38(26-30)37-25-29(18-21-40(37)49-41)28-17-20-35-33-14-5-4-12-31(33)32-13-6-7-15-34(32)36(35)24-28/h1-26H. The van der Waals surface area contributed by atoms with Crippen LogP contribution in [0.4, 0.5) is 0 Å². The maximum atomic E-state index is 6.33. The Bertz CT molecular complexity index is 2790. The van der Waals surface area contributed by atoms with E-state index in [-0.39, 0.29) is 0 Å². The molecule has 0 N–H and O–H groups in total. The molecule has 0 aliphatic rings. The van der Waals surface area contributed by atoms with E-state index < -0.39 is 0 Å². The predicted octanol–water partition coefficient (Wildman–Crippen LogP) is 11.3. The summed E-state index contributed by atoms with van der Waals surface area (Å²) in [5, 5.41) is 9.64. The first-order valence-corrected chi connectivity index (χ1v) is 16.3. The second-order valence-corrected chi connectivity index (χ2v) is 12.3. The van der Waals surface area contributed by atoms with Crippen LogP contribution in [0.25, 0.3) is 99.7 Å². The molecule has 10 rings (SSSR count). The quantitative estimate of drug-likeness (QED) is 0.182. The lowest BCUT2D eigenvalue weighted by Crippen LogP contribution is -2.00. The largest absolute Gasteiger partial charge is 0.456 e. The predicted molar refractivity (Wildman–Crippen MR) is 199 cm³/mol. The number of benzene rings is 7. The van der Waals surface area contributed by atoms with E-state index in [0.717, 1.165) is 44.2 Å². The second-order valence-electron chi connectivity index (χ2n) is 12.3. The van der Waals surface area contributed by atoms with Gasteiger partial charge in [-0.15, -0.1) is 0 Å². The number of nitrogens with zero attached hydrogens (tertiary/aromatic N) is 4. The van der Waals surface area contributed by atoms with E-state index in [9.17, 15) is 0 Å². The number of aromatic nitrogens is 4. The van der Waals surface area contributed by atoms with Crippen LogP contribution in [0.3, 0.4) is 0 Å². The molecular weight excluding hydrogens is 601 g/mol. The summed E-state index contributed by atoms with van der Waals surface area (Å²) in [7, 11) is 0. The topological polar surface area (TPSA) is 64.7 Å². The van der Waals surface area contributed by atoms with Crippen molar-refractivity contribution in [3.8, 4) is 45.4 Å². The van der Waals surface area contributed by atoms with Crippen molar-refractivity contribution in [3.63, 3.8) is 0 Å². The van der Waals surface area contributed by atoms with Crippen molar-refractivity contribution in [3.05, 3.63) is 158 Å². The highest BCUT2D eigenvalue weighted by Crippen LogP contribution is 2.39. The van der Waals surface area contributed by atoms with Crippen molar-refractivity contribution in [2.24, 2.45) is 0 Å². The first kappa shape index (κ1) is 27.4. The zero-order valence-electron chi connectivity index (χ0n) is 26.2. The van der Waals surface area contributed by atoms with Crippen molar-refractivity contribution in [2.75, 3.05) is 0 Å². The molecule has 49 heavy (non-hydrogen) atoms. The summed E-state index contributed by atoms with van der Waals surface area (Å²) in [5.41, 5.74) is 6.42. The van der Waals surface area contributed by atoms with Crippen LogP contribution in [-0.4, -0.2) is 19.9 Å². The highest BCUT2D eigenvalue weighted by molar-refractivity contribution is 6.25. The number of hydrogen-bond acceptors (Lipinski definition) is 5. The molecular formula is C44H26N4O. The van der Waals surface area contributed by atoms with Gasteiger partial charge in [-0.3, -0.25) is 4.98 Å². The van der Waals surface area contributed by atoms with Gasteiger partial charge in [-0.1, -0.05) is 103 Å². The van der Waals surface area contributed by atoms with Gasteiger partial charge in [-0.2, -0.15) is 0 Å². The fraction of sp³-hybridized carbons (Fsp3) is 0. The van der Waals surface area contributed by atoms with Gasteiger partial charge in [0.25, 0.3) is 0 Å². The molecule has 0 fully saturated rings. The lowest BCUT2D eigenvalue weighted by atomic mass is 9.92. The number of pyridine rings is 1. The Kier molecular flexibility index (Phi) is 6.11. The van der Waals surface area contributed by atoms with E-state index in [1.807, 2.05) is 60.7 Å². The monoisotopic (exact) mass is 626 g/mol. The molecule has 0 atom stereocenters. The first-order valence-electron chi connectivity index (χ1n) is 16.3. The minimum atomic E-state index is 0.528. The Morgan fingerprint density at radius 3 is 1.47 bits per heavy atom. The molecule has 0 saturated heterocycles. The molecule has 5 heteroatoms. The molecule has 228 valence electrons. The highest BCUT2D eigenvalue weighted by atomic mass is 16.3. The number of hydrogen-bond donors (Lipinski definition) is 0. The van der Waals surface area contributed by atoms with E-state index in [4.69, 9.17) is 19.4 Å². The number of furan rings is 1. The summed E-state index contributed by atoms with van der Waals surface area (Å²) in [6.07, 6.45) is 1.75. The minimum absolute atomic E-state index is 0.528. The molecule has 0 radical (unpaired) electrons. The third-order valence-corrected chi connectivity index (χ3v) is 9.37. The summed E-state index contributed by atoms with van der Waals surface area (Å²) in [6.45, 7) is 0. The summed E-state index contributed by atoms with van der Waals surface area (Å²) >= 11 is 0. The molecule has 5 nitrogen and oxygen atoms in total. The maximum Gasteiger partial charge on any atom is 0.182 e. The van der Waals surface area contributed by atoms with Gasteiger partial charge in [-0.05, 0) is 92.0 Å². The van der Waals surface area contributed by atoms with Gasteiger partial charge >= 0.3 is 0 Å². The lowest BCUT2D eigenvalue weighted by Gasteiger charge is -2.12. The summed E-state index contributed by atoms with van der Waals surface area (Å²) in [6, 6.07) is 52.5. The van der Waals surface area contributed by atoms with Crippen molar-refractivity contribution >= 4 is 54.3 Å². The minimum Gasteiger partial charge on any atom is -0.456 e. The summed E-state index contributed by atoms with van der Waals surface area (Å²) in [4.78, 5) is 19.1. The normalized spacial score (nSPS) is 11.7. The van der Waals surface area contributed by atoms with Gasteiger partial charge in [0.2, 0.25) is 0 Å². The van der Waals surface area contributed by atoms with Crippen LogP contribution in [-0.2, 0) is 0 Å². The van der Waals surface area contributed by atoms with Crippen molar-refractivity contribution in [1.29, 1.82) is 0 Å². The number of rotatable bonds is 4. The van der Waals surface area contributed by atoms with Gasteiger partial charge in [-0.25, -0.2) is 15.0 Å². The third-order valence-electron chi connectivity index (χ3n) is 9.37. The zero-order valence-corrected chi connectivity index (χ0v) is 26.2. The van der Waals surface area contributed by atoms with Crippen LogP contribution in [0, 0.1) is 0 Å². The Morgan fingerprint density at radius 1 is 0.327 bits per heavy atom. The molecule has 0 aliphatic carbocycles. The van der Waals surface area contributed by atoms with Crippen LogP contribution in [0.1, 0.15) is 0 Å². The Morgan fingerprint density at radius 2 is 0.816 bits per heavy atom. The van der Waals surface area contributed by atoms with Crippen LogP contribution >= 0.6 is 0 Å². The van der Waals surface area contributed by atoms with E-state index in [1.165, 1.54) is 32.3 Å². The summed E-state index contributed by atoms with van der Waals surface area (Å²) in [5.74, 6) is 1.71. The van der Waals surface area contributed by atoms with Crippen molar-refractivity contribution < 1.29 is 4.42 Å². The molecule has 10 aromatic rings. The van der Waals surface area contributed by atoms with E-state index in [2.05, 4.69) is 96.0 Å². The average molecular weight is 627 g/mol. The smallest absolute Gasteiger partial charge is 0.182 e. The van der Waals surface area contributed by atoms with E-state index in [0.29, 0.717) is 23.2 Å².